The van der Waals surface area contributed by atoms with E-state index in [1.165, 1.54) is 11.1 Å². The van der Waals surface area contributed by atoms with Crippen LogP contribution in [-0.4, -0.2) is 60.1 Å². The molecule has 3 heterocycles. The Morgan fingerprint density at radius 3 is 2.83 bits per heavy atom. The molecule has 0 spiro atoms. The van der Waals surface area contributed by atoms with Gasteiger partial charge >= 0.3 is 0 Å². The second-order valence-electron chi connectivity index (χ2n) is 6.77. The molecule has 1 unspecified atom stereocenters. The summed E-state index contributed by atoms with van der Waals surface area (Å²) in [6, 6.07) is 4.59. The van der Waals surface area contributed by atoms with Crippen molar-refractivity contribution in [2.75, 3.05) is 44.0 Å². The Morgan fingerprint density at radius 2 is 2.08 bits per heavy atom. The van der Waals surface area contributed by atoms with Crippen molar-refractivity contribution in [3.05, 3.63) is 41.9 Å². The topological polar surface area (TPSA) is 48.4 Å². The average molecular weight is 326 g/mol. The first-order chi connectivity index (χ1) is 11.5. The maximum Gasteiger partial charge on any atom is 0.227 e. The standard InChI is InChI=1S/C18H26N6/c1-14-9-15(11-19-10-14)12-24-8-6-16(13-24)23(4)18-20-7-5-17(21-18)22(2)3/h5,7,9-11,16H,6,8,12-13H2,1-4H3. The zero-order valence-electron chi connectivity index (χ0n) is 15.0. The summed E-state index contributed by atoms with van der Waals surface area (Å²) >= 11 is 0. The lowest BCUT2D eigenvalue weighted by Crippen LogP contribution is -2.35. The van der Waals surface area contributed by atoms with Crippen LogP contribution in [0.3, 0.4) is 0 Å². The van der Waals surface area contributed by atoms with E-state index >= 15 is 0 Å². The van der Waals surface area contributed by atoms with Crippen molar-refractivity contribution in [2.24, 2.45) is 0 Å². The van der Waals surface area contributed by atoms with E-state index < -0.39 is 0 Å². The molecule has 1 fully saturated rings. The zero-order chi connectivity index (χ0) is 17.1. The number of pyridine rings is 1. The average Bonchev–Trinajstić information content (AvgIpc) is 3.02. The molecule has 3 rings (SSSR count). The van der Waals surface area contributed by atoms with Crippen molar-refractivity contribution in [3.8, 4) is 0 Å². The van der Waals surface area contributed by atoms with Crippen LogP contribution in [0.15, 0.2) is 30.7 Å². The second-order valence-corrected chi connectivity index (χ2v) is 6.77. The third-order valence-electron chi connectivity index (χ3n) is 4.53. The molecule has 0 aromatic carbocycles. The van der Waals surface area contributed by atoms with Gasteiger partial charge in [0.1, 0.15) is 5.82 Å². The van der Waals surface area contributed by atoms with Crippen LogP contribution in [0.2, 0.25) is 0 Å². The number of aryl methyl sites for hydroxylation is 1. The highest BCUT2D eigenvalue weighted by Gasteiger charge is 2.27. The largest absolute Gasteiger partial charge is 0.363 e. The van der Waals surface area contributed by atoms with Gasteiger partial charge < -0.3 is 9.80 Å². The van der Waals surface area contributed by atoms with E-state index in [1.54, 1.807) is 0 Å². The number of hydrogen-bond acceptors (Lipinski definition) is 6. The van der Waals surface area contributed by atoms with Crippen molar-refractivity contribution in [1.82, 2.24) is 19.9 Å². The van der Waals surface area contributed by atoms with Crippen LogP contribution in [0, 0.1) is 6.92 Å². The van der Waals surface area contributed by atoms with Crippen LogP contribution in [0.25, 0.3) is 0 Å². The highest BCUT2D eigenvalue weighted by Crippen LogP contribution is 2.21. The van der Waals surface area contributed by atoms with E-state index in [2.05, 4.69) is 44.8 Å². The number of aromatic nitrogens is 3. The van der Waals surface area contributed by atoms with E-state index in [0.29, 0.717) is 6.04 Å². The Bertz CT molecular complexity index is 687. The minimum absolute atomic E-state index is 0.445. The molecule has 1 saturated heterocycles. The van der Waals surface area contributed by atoms with Crippen LogP contribution in [-0.2, 0) is 6.54 Å². The van der Waals surface area contributed by atoms with Gasteiger partial charge in [-0.1, -0.05) is 6.07 Å². The SMILES string of the molecule is Cc1cncc(CN2CCC(N(C)c3nccc(N(C)C)n3)C2)c1. The first-order valence-electron chi connectivity index (χ1n) is 8.39. The zero-order valence-corrected chi connectivity index (χ0v) is 15.0. The Balaban J connectivity index is 1.63. The van der Waals surface area contributed by atoms with E-state index in [4.69, 9.17) is 0 Å². The molecule has 0 N–H and O–H groups in total. The number of anilines is 2. The highest BCUT2D eigenvalue weighted by molar-refractivity contribution is 5.42. The monoisotopic (exact) mass is 326 g/mol. The first-order valence-corrected chi connectivity index (χ1v) is 8.39. The fraction of sp³-hybridized carbons (Fsp3) is 0.500. The predicted molar refractivity (Wildman–Crippen MR) is 97.4 cm³/mol. The number of likely N-dealkylation sites (N-methyl/N-ethyl adjacent to an activating group) is 1. The summed E-state index contributed by atoms with van der Waals surface area (Å²) in [5.74, 6) is 1.73. The summed E-state index contributed by atoms with van der Waals surface area (Å²) in [6.07, 6.45) is 6.83. The first kappa shape index (κ1) is 16.6. The van der Waals surface area contributed by atoms with Crippen molar-refractivity contribution in [2.45, 2.75) is 25.9 Å². The lowest BCUT2D eigenvalue weighted by Gasteiger charge is -2.25. The molecule has 0 bridgehead atoms. The van der Waals surface area contributed by atoms with E-state index in [9.17, 15) is 0 Å². The highest BCUT2D eigenvalue weighted by atomic mass is 15.3. The minimum Gasteiger partial charge on any atom is -0.363 e. The Kier molecular flexibility index (Phi) is 4.94. The van der Waals surface area contributed by atoms with Gasteiger partial charge in [0, 0.05) is 65.4 Å². The normalized spacial score (nSPS) is 17.9. The third kappa shape index (κ3) is 3.82. The Labute approximate surface area is 144 Å². The molecule has 0 saturated carbocycles. The Hall–Kier alpha value is -2.21. The number of rotatable bonds is 5. The van der Waals surface area contributed by atoms with Crippen LogP contribution in [0.4, 0.5) is 11.8 Å². The van der Waals surface area contributed by atoms with Crippen LogP contribution in [0.5, 0.6) is 0 Å². The quantitative estimate of drug-likeness (QED) is 0.837. The number of nitrogens with zero attached hydrogens (tertiary/aromatic N) is 6. The maximum absolute atomic E-state index is 4.65. The van der Waals surface area contributed by atoms with Gasteiger partial charge in [0.05, 0.1) is 0 Å². The van der Waals surface area contributed by atoms with Crippen molar-refractivity contribution >= 4 is 11.8 Å². The molecule has 2 aromatic rings. The molecule has 2 aromatic heterocycles. The molecule has 6 nitrogen and oxygen atoms in total. The summed E-state index contributed by atoms with van der Waals surface area (Å²) in [6.45, 7) is 5.17. The van der Waals surface area contributed by atoms with Crippen molar-refractivity contribution < 1.29 is 0 Å². The summed E-state index contributed by atoms with van der Waals surface area (Å²) in [5.41, 5.74) is 2.50. The summed E-state index contributed by atoms with van der Waals surface area (Å²) in [5, 5.41) is 0. The van der Waals surface area contributed by atoms with Gasteiger partial charge in [-0.2, -0.15) is 4.98 Å². The number of hydrogen-bond donors (Lipinski definition) is 0. The van der Waals surface area contributed by atoms with Crippen LogP contribution >= 0.6 is 0 Å². The summed E-state index contributed by atoms with van der Waals surface area (Å²) in [4.78, 5) is 20.1. The predicted octanol–water partition coefficient (Wildman–Crippen LogP) is 1.96. The molecule has 128 valence electrons. The third-order valence-corrected chi connectivity index (χ3v) is 4.53. The molecule has 0 radical (unpaired) electrons. The molecular formula is C18H26N6. The van der Waals surface area contributed by atoms with E-state index in [1.807, 2.05) is 43.7 Å². The van der Waals surface area contributed by atoms with Gasteiger partial charge in [-0.15, -0.1) is 0 Å². The summed E-state index contributed by atoms with van der Waals surface area (Å²) in [7, 11) is 6.09. The molecular weight excluding hydrogens is 300 g/mol. The van der Waals surface area contributed by atoms with Gasteiger partial charge in [-0.3, -0.25) is 9.88 Å². The van der Waals surface area contributed by atoms with Crippen molar-refractivity contribution in [3.63, 3.8) is 0 Å². The van der Waals surface area contributed by atoms with Gasteiger partial charge in [0.15, 0.2) is 0 Å². The Morgan fingerprint density at radius 1 is 1.25 bits per heavy atom. The minimum atomic E-state index is 0.445. The van der Waals surface area contributed by atoms with Gasteiger partial charge in [-0.05, 0) is 30.5 Å². The van der Waals surface area contributed by atoms with E-state index in [0.717, 1.165) is 37.8 Å². The fourth-order valence-electron chi connectivity index (χ4n) is 3.16. The number of likely N-dealkylation sites (tertiary alicyclic amines) is 1. The lowest BCUT2D eigenvalue weighted by molar-refractivity contribution is 0.325. The maximum atomic E-state index is 4.65. The molecule has 1 atom stereocenters. The van der Waals surface area contributed by atoms with Gasteiger partial charge in [0.25, 0.3) is 0 Å². The van der Waals surface area contributed by atoms with Crippen LogP contribution in [0.1, 0.15) is 17.5 Å². The van der Waals surface area contributed by atoms with Gasteiger partial charge in [-0.25, -0.2) is 4.98 Å². The molecule has 1 aliphatic rings. The molecule has 6 heteroatoms. The lowest BCUT2D eigenvalue weighted by atomic mass is 10.2. The summed E-state index contributed by atoms with van der Waals surface area (Å²) < 4.78 is 0. The molecule has 1 aliphatic heterocycles. The fourth-order valence-corrected chi connectivity index (χ4v) is 3.16. The van der Waals surface area contributed by atoms with Gasteiger partial charge in [0.2, 0.25) is 5.95 Å². The smallest absolute Gasteiger partial charge is 0.227 e. The van der Waals surface area contributed by atoms with Crippen LogP contribution < -0.4 is 9.80 Å². The molecule has 24 heavy (non-hydrogen) atoms. The second kappa shape index (κ2) is 7.13. The van der Waals surface area contributed by atoms with E-state index in [-0.39, 0.29) is 0 Å². The molecule has 0 aliphatic carbocycles. The molecule has 0 amide bonds. The van der Waals surface area contributed by atoms with Crippen molar-refractivity contribution in [1.29, 1.82) is 0 Å².